The van der Waals surface area contributed by atoms with Gasteiger partial charge < -0.3 is 5.73 Å². The van der Waals surface area contributed by atoms with Crippen LogP contribution in [0.5, 0.6) is 0 Å². The number of hydrogen-bond donors (Lipinski definition) is 1. The first-order chi connectivity index (χ1) is 8.47. The fourth-order valence-electron chi connectivity index (χ4n) is 2.21. The third-order valence-electron chi connectivity index (χ3n) is 2.94. The number of likely N-dealkylation sites (N-methyl/N-ethyl adjacent to an activating group) is 1. The van der Waals surface area contributed by atoms with Crippen molar-refractivity contribution < 1.29 is 8.78 Å². The molecule has 1 aromatic carbocycles. The summed E-state index contributed by atoms with van der Waals surface area (Å²) < 4.78 is 26.5. The van der Waals surface area contributed by atoms with Crippen LogP contribution in [0, 0.1) is 17.6 Å². The summed E-state index contributed by atoms with van der Waals surface area (Å²) in [7, 11) is 0. The summed E-state index contributed by atoms with van der Waals surface area (Å²) in [5.74, 6) is -0.620. The van der Waals surface area contributed by atoms with Crippen molar-refractivity contribution in [3.05, 3.63) is 35.4 Å². The van der Waals surface area contributed by atoms with Crippen molar-refractivity contribution in [1.82, 2.24) is 4.90 Å². The zero-order valence-electron chi connectivity index (χ0n) is 11.3. The Kier molecular flexibility index (Phi) is 5.69. The predicted octanol–water partition coefficient (Wildman–Crippen LogP) is 2.94. The Morgan fingerprint density at radius 1 is 1.17 bits per heavy atom. The zero-order chi connectivity index (χ0) is 13.7. The normalized spacial score (nSPS) is 13.3. The number of hydrogen-bond acceptors (Lipinski definition) is 2. The van der Waals surface area contributed by atoms with Gasteiger partial charge in [-0.05, 0) is 30.2 Å². The highest BCUT2D eigenvalue weighted by Crippen LogP contribution is 2.22. The monoisotopic (exact) mass is 256 g/mol. The zero-order valence-corrected chi connectivity index (χ0v) is 11.3. The second-order valence-electron chi connectivity index (χ2n) is 4.94. The van der Waals surface area contributed by atoms with Gasteiger partial charge in [0.15, 0.2) is 0 Å². The molecule has 2 N–H and O–H groups in total. The molecule has 0 saturated carbocycles. The van der Waals surface area contributed by atoms with E-state index in [0.29, 0.717) is 18.0 Å². The predicted molar refractivity (Wildman–Crippen MR) is 70.2 cm³/mol. The molecule has 0 heterocycles. The minimum absolute atomic E-state index is 0.136. The van der Waals surface area contributed by atoms with Gasteiger partial charge >= 0.3 is 0 Å². The molecule has 2 nitrogen and oxygen atoms in total. The lowest BCUT2D eigenvalue weighted by Gasteiger charge is -2.31. The van der Waals surface area contributed by atoms with Gasteiger partial charge in [-0.15, -0.1) is 0 Å². The summed E-state index contributed by atoms with van der Waals surface area (Å²) in [6.45, 7) is 8.27. The molecule has 0 amide bonds. The minimum atomic E-state index is -0.552. The van der Waals surface area contributed by atoms with Gasteiger partial charge in [-0.1, -0.05) is 20.8 Å². The van der Waals surface area contributed by atoms with Crippen LogP contribution in [-0.2, 0) is 0 Å². The van der Waals surface area contributed by atoms with E-state index in [9.17, 15) is 8.78 Å². The maximum Gasteiger partial charge on any atom is 0.126 e. The average molecular weight is 256 g/mol. The molecule has 1 atom stereocenters. The first-order valence-electron chi connectivity index (χ1n) is 6.38. The average Bonchev–Trinajstić information content (AvgIpc) is 2.26. The summed E-state index contributed by atoms with van der Waals surface area (Å²) in [5.41, 5.74) is 6.38. The molecule has 1 aromatic rings. The Hall–Kier alpha value is -1.00. The van der Waals surface area contributed by atoms with Crippen molar-refractivity contribution in [3.8, 4) is 0 Å². The molecule has 0 aromatic heterocycles. The van der Waals surface area contributed by atoms with Crippen molar-refractivity contribution in [3.63, 3.8) is 0 Å². The highest BCUT2D eigenvalue weighted by molar-refractivity contribution is 5.22. The molecule has 0 bridgehead atoms. The highest BCUT2D eigenvalue weighted by Gasteiger charge is 2.19. The standard InChI is InChI=1S/C14H22F2N2/c1-4-18(9-10(2)3)14(8-17)11-5-12(15)7-13(16)6-11/h5-7,10,14H,4,8-9,17H2,1-3H3. The van der Waals surface area contributed by atoms with E-state index >= 15 is 0 Å². The molecular weight excluding hydrogens is 234 g/mol. The van der Waals surface area contributed by atoms with Crippen molar-refractivity contribution in [2.75, 3.05) is 19.6 Å². The maximum absolute atomic E-state index is 13.3. The van der Waals surface area contributed by atoms with Gasteiger partial charge in [0.25, 0.3) is 0 Å². The SMILES string of the molecule is CCN(CC(C)C)C(CN)c1cc(F)cc(F)c1. The molecule has 1 rings (SSSR count). The van der Waals surface area contributed by atoms with Crippen molar-refractivity contribution >= 4 is 0 Å². The van der Waals surface area contributed by atoms with Crippen LogP contribution in [0.2, 0.25) is 0 Å². The van der Waals surface area contributed by atoms with Gasteiger partial charge in [-0.25, -0.2) is 8.78 Å². The molecule has 4 heteroatoms. The van der Waals surface area contributed by atoms with Gasteiger partial charge in [0, 0.05) is 25.2 Å². The Morgan fingerprint density at radius 2 is 1.72 bits per heavy atom. The number of halogens is 2. The van der Waals surface area contributed by atoms with Crippen molar-refractivity contribution in [2.45, 2.75) is 26.8 Å². The van der Waals surface area contributed by atoms with Crippen molar-refractivity contribution in [1.29, 1.82) is 0 Å². The van der Waals surface area contributed by atoms with Gasteiger partial charge in [0.05, 0.1) is 0 Å². The number of benzene rings is 1. The van der Waals surface area contributed by atoms with Crippen LogP contribution < -0.4 is 5.73 Å². The summed E-state index contributed by atoms with van der Waals surface area (Å²) >= 11 is 0. The summed E-state index contributed by atoms with van der Waals surface area (Å²) in [5, 5.41) is 0. The van der Waals surface area contributed by atoms with E-state index < -0.39 is 11.6 Å². The van der Waals surface area contributed by atoms with Crippen LogP contribution in [0.1, 0.15) is 32.4 Å². The molecule has 0 aliphatic carbocycles. The van der Waals surface area contributed by atoms with Crippen LogP contribution in [-0.4, -0.2) is 24.5 Å². The largest absolute Gasteiger partial charge is 0.329 e. The molecule has 0 saturated heterocycles. The van der Waals surface area contributed by atoms with E-state index in [-0.39, 0.29) is 6.04 Å². The van der Waals surface area contributed by atoms with Gasteiger partial charge in [-0.3, -0.25) is 4.90 Å². The molecule has 0 aliphatic heterocycles. The summed E-state index contributed by atoms with van der Waals surface area (Å²) in [4.78, 5) is 2.15. The first kappa shape index (κ1) is 15.1. The molecule has 0 radical (unpaired) electrons. The van der Waals surface area contributed by atoms with E-state index in [0.717, 1.165) is 19.2 Å². The first-order valence-corrected chi connectivity index (χ1v) is 6.38. The lowest BCUT2D eigenvalue weighted by molar-refractivity contribution is 0.188. The summed E-state index contributed by atoms with van der Waals surface area (Å²) in [6.07, 6.45) is 0. The second kappa shape index (κ2) is 6.81. The number of nitrogens with zero attached hydrogens (tertiary/aromatic N) is 1. The number of rotatable bonds is 6. The Bertz CT molecular complexity index is 360. The number of nitrogens with two attached hydrogens (primary N) is 1. The van der Waals surface area contributed by atoms with Crippen LogP contribution in [0.25, 0.3) is 0 Å². The molecule has 0 fully saturated rings. The van der Waals surface area contributed by atoms with Crippen LogP contribution >= 0.6 is 0 Å². The molecular formula is C14H22F2N2. The molecule has 0 spiro atoms. The van der Waals surface area contributed by atoms with E-state index in [1.54, 1.807) is 0 Å². The molecule has 102 valence electrons. The fraction of sp³-hybridized carbons (Fsp3) is 0.571. The third-order valence-corrected chi connectivity index (χ3v) is 2.94. The Balaban J connectivity index is 2.99. The smallest absolute Gasteiger partial charge is 0.126 e. The second-order valence-corrected chi connectivity index (χ2v) is 4.94. The Morgan fingerprint density at radius 3 is 2.11 bits per heavy atom. The highest BCUT2D eigenvalue weighted by atomic mass is 19.1. The quantitative estimate of drug-likeness (QED) is 0.848. The topological polar surface area (TPSA) is 29.3 Å². The summed E-state index contributed by atoms with van der Waals surface area (Å²) in [6, 6.07) is 3.48. The van der Waals surface area contributed by atoms with Gasteiger partial charge in [0.1, 0.15) is 11.6 Å². The third kappa shape index (κ3) is 4.03. The Labute approximate surface area is 108 Å². The molecule has 0 aliphatic rings. The molecule has 18 heavy (non-hydrogen) atoms. The van der Waals surface area contributed by atoms with E-state index in [1.807, 2.05) is 6.92 Å². The maximum atomic E-state index is 13.3. The minimum Gasteiger partial charge on any atom is -0.329 e. The van der Waals surface area contributed by atoms with E-state index in [1.165, 1.54) is 12.1 Å². The van der Waals surface area contributed by atoms with Crippen LogP contribution in [0.4, 0.5) is 8.78 Å². The fourth-order valence-corrected chi connectivity index (χ4v) is 2.21. The van der Waals surface area contributed by atoms with Gasteiger partial charge in [0.2, 0.25) is 0 Å². The lowest BCUT2D eigenvalue weighted by atomic mass is 10.0. The van der Waals surface area contributed by atoms with Crippen LogP contribution in [0.3, 0.4) is 0 Å². The van der Waals surface area contributed by atoms with Crippen LogP contribution in [0.15, 0.2) is 18.2 Å². The van der Waals surface area contributed by atoms with E-state index in [2.05, 4.69) is 18.7 Å². The lowest BCUT2D eigenvalue weighted by Crippen LogP contribution is -2.36. The van der Waals surface area contributed by atoms with Crippen molar-refractivity contribution in [2.24, 2.45) is 11.7 Å². The molecule has 1 unspecified atom stereocenters. The van der Waals surface area contributed by atoms with E-state index in [4.69, 9.17) is 5.73 Å². The van der Waals surface area contributed by atoms with Gasteiger partial charge in [-0.2, -0.15) is 0 Å².